The lowest BCUT2D eigenvalue weighted by Crippen LogP contribution is -2.31. The van der Waals surface area contributed by atoms with Crippen LogP contribution in [0.5, 0.6) is 0 Å². The van der Waals surface area contributed by atoms with Gasteiger partial charge in [-0.2, -0.15) is 0 Å². The van der Waals surface area contributed by atoms with Crippen LogP contribution in [0.4, 0.5) is 0 Å². The SMILES string of the molecule is COCC(O)CN(C)Cc1csc(-c2ccccc2)n1. The van der Waals surface area contributed by atoms with Crippen LogP contribution in [0.3, 0.4) is 0 Å². The Labute approximate surface area is 123 Å². The molecule has 0 saturated heterocycles. The van der Waals surface area contributed by atoms with E-state index in [0.29, 0.717) is 13.2 Å². The van der Waals surface area contributed by atoms with Crippen LogP contribution in [0.15, 0.2) is 35.7 Å². The zero-order valence-corrected chi connectivity index (χ0v) is 12.6. The zero-order valence-electron chi connectivity index (χ0n) is 11.8. The van der Waals surface area contributed by atoms with Gasteiger partial charge in [-0.05, 0) is 7.05 Å². The molecule has 0 fully saturated rings. The van der Waals surface area contributed by atoms with Crippen LogP contribution in [0.25, 0.3) is 10.6 Å². The number of hydrogen-bond acceptors (Lipinski definition) is 5. The van der Waals surface area contributed by atoms with Crippen LogP contribution in [0.2, 0.25) is 0 Å². The third-order valence-electron chi connectivity index (χ3n) is 2.89. The van der Waals surface area contributed by atoms with Gasteiger partial charge in [0.2, 0.25) is 0 Å². The normalized spacial score (nSPS) is 12.8. The highest BCUT2D eigenvalue weighted by atomic mass is 32.1. The van der Waals surface area contributed by atoms with Crippen molar-refractivity contribution in [1.29, 1.82) is 0 Å². The maximum absolute atomic E-state index is 9.70. The highest BCUT2D eigenvalue weighted by Crippen LogP contribution is 2.23. The molecule has 4 nitrogen and oxygen atoms in total. The Balaban J connectivity index is 1.93. The molecule has 0 aliphatic carbocycles. The largest absolute Gasteiger partial charge is 0.389 e. The Bertz CT molecular complexity index is 516. The summed E-state index contributed by atoms with van der Waals surface area (Å²) in [5.74, 6) is 0. The summed E-state index contributed by atoms with van der Waals surface area (Å²) >= 11 is 1.65. The second-order valence-electron chi connectivity index (χ2n) is 4.82. The average molecular weight is 292 g/mol. The average Bonchev–Trinajstić information content (AvgIpc) is 2.88. The van der Waals surface area contributed by atoms with Crippen molar-refractivity contribution >= 4 is 11.3 Å². The highest BCUT2D eigenvalue weighted by Gasteiger charge is 2.10. The van der Waals surface area contributed by atoms with Crippen molar-refractivity contribution in [3.63, 3.8) is 0 Å². The van der Waals surface area contributed by atoms with Crippen molar-refractivity contribution in [2.45, 2.75) is 12.6 Å². The van der Waals surface area contributed by atoms with E-state index in [9.17, 15) is 5.11 Å². The molecule has 108 valence electrons. The lowest BCUT2D eigenvalue weighted by atomic mass is 10.2. The minimum atomic E-state index is -0.461. The Morgan fingerprint density at radius 1 is 1.35 bits per heavy atom. The summed E-state index contributed by atoms with van der Waals surface area (Å²) < 4.78 is 4.93. The number of nitrogens with zero attached hydrogens (tertiary/aromatic N) is 2. The Morgan fingerprint density at radius 2 is 2.10 bits per heavy atom. The maximum Gasteiger partial charge on any atom is 0.123 e. The molecule has 5 heteroatoms. The molecule has 1 unspecified atom stereocenters. The van der Waals surface area contributed by atoms with Crippen molar-refractivity contribution < 1.29 is 9.84 Å². The van der Waals surface area contributed by atoms with Crippen molar-refractivity contribution in [1.82, 2.24) is 9.88 Å². The number of methoxy groups -OCH3 is 1. The topological polar surface area (TPSA) is 45.6 Å². The van der Waals surface area contributed by atoms with E-state index in [2.05, 4.69) is 22.5 Å². The Hall–Kier alpha value is -1.27. The van der Waals surface area contributed by atoms with Gasteiger partial charge in [0, 0.05) is 31.1 Å². The summed E-state index contributed by atoms with van der Waals surface area (Å²) in [6.07, 6.45) is -0.461. The number of benzene rings is 1. The number of aromatic nitrogens is 1. The van der Waals surface area contributed by atoms with Crippen LogP contribution in [0, 0.1) is 0 Å². The number of hydrogen-bond donors (Lipinski definition) is 1. The van der Waals surface area contributed by atoms with Gasteiger partial charge in [0.1, 0.15) is 5.01 Å². The fraction of sp³-hybridized carbons (Fsp3) is 0.400. The van der Waals surface area contributed by atoms with Gasteiger partial charge < -0.3 is 9.84 Å². The third-order valence-corrected chi connectivity index (χ3v) is 3.83. The molecule has 1 heterocycles. The predicted octanol–water partition coefficient (Wildman–Crippen LogP) is 2.25. The van der Waals surface area contributed by atoms with E-state index in [1.165, 1.54) is 0 Å². The summed E-state index contributed by atoms with van der Waals surface area (Å²) in [6, 6.07) is 10.2. The zero-order chi connectivity index (χ0) is 14.4. The van der Waals surface area contributed by atoms with E-state index in [4.69, 9.17) is 4.74 Å². The standard InChI is InChI=1S/C15H20N2O2S/c1-17(9-14(18)10-19-2)8-13-11-20-15(16-13)12-6-4-3-5-7-12/h3-7,11,14,18H,8-10H2,1-2H3. The van der Waals surface area contributed by atoms with Crippen molar-refractivity contribution in [2.24, 2.45) is 0 Å². The number of likely N-dealkylation sites (N-methyl/N-ethyl adjacent to an activating group) is 1. The van der Waals surface area contributed by atoms with Crippen LogP contribution in [0.1, 0.15) is 5.69 Å². The van der Waals surface area contributed by atoms with Crippen LogP contribution < -0.4 is 0 Å². The summed E-state index contributed by atoms with van der Waals surface area (Å²) in [4.78, 5) is 6.69. The molecular weight excluding hydrogens is 272 g/mol. The first kappa shape index (κ1) is 15.1. The van der Waals surface area contributed by atoms with Crippen molar-refractivity contribution in [3.05, 3.63) is 41.4 Å². The molecule has 0 aliphatic rings. The summed E-state index contributed by atoms with van der Waals surface area (Å²) in [7, 11) is 3.57. The van der Waals surface area contributed by atoms with E-state index in [0.717, 1.165) is 22.8 Å². The molecule has 0 aliphatic heterocycles. The number of rotatable bonds is 7. The van der Waals surface area contributed by atoms with E-state index in [1.54, 1.807) is 18.4 Å². The lowest BCUT2D eigenvalue weighted by molar-refractivity contribution is 0.0417. The first-order valence-corrected chi connectivity index (χ1v) is 7.42. The minimum Gasteiger partial charge on any atom is -0.389 e. The highest BCUT2D eigenvalue weighted by molar-refractivity contribution is 7.13. The number of thiazole rings is 1. The van der Waals surface area contributed by atoms with Crippen LogP contribution >= 0.6 is 11.3 Å². The monoisotopic (exact) mass is 292 g/mol. The molecule has 1 atom stereocenters. The van der Waals surface area contributed by atoms with Crippen LogP contribution in [-0.2, 0) is 11.3 Å². The molecule has 1 aromatic carbocycles. The molecule has 0 amide bonds. The molecule has 0 spiro atoms. The number of aliphatic hydroxyl groups excluding tert-OH is 1. The summed E-state index contributed by atoms with van der Waals surface area (Å²) in [5, 5.41) is 12.8. The quantitative estimate of drug-likeness (QED) is 0.850. The molecule has 2 aromatic rings. The van der Waals surface area contributed by atoms with Crippen molar-refractivity contribution in [3.8, 4) is 10.6 Å². The second-order valence-corrected chi connectivity index (χ2v) is 5.67. The van der Waals surface area contributed by atoms with E-state index < -0.39 is 6.10 Å². The fourth-order valence-electron chi connectivity index (χ4n) is 2.04. The summed E-state index contributed by atoms with van der Waals surface area (Å²) in [5.41, 5.74) is 2.17. The van der Waals surface area contributed by atoms with Gasteiger partial charge in [-0.1, -0.05) is 30.3 Å². The molecule has 0 saturated carbocycles. The molecule has 2 rings (SSSR count). The van der Waals surface area contributed by atoms with Crippen LogP contribution in [-0.4, -0.2) is 48.4 Å². The van der Waals surface area contributed by atoms with Gasteiger partial charge in [0.05, 0.1) is 18.4 Å². The molecule has 20 heavy (non-hydrogen) atoms. The molecular formula is C15H20N2O2S. The maximum atomic E-state index is 9.70. The van der Waals surface area contributed by atoms with Gasteiger partial charge in [-0.15, -0.1) is 11.3 Å². The Morgan fingerprint density at radius 3 is 2.80 bits per heavy atom. The summed E-state index contributed by atoms with van der Waals surface area (Å²) in [6.45, 7) is 1.66. The van der Waals surface area contributed by atoms with E-state index in [1.807, 2.05) is 30.1 Å². The van der Waals surface area contributed by atoms with Gasteiger partial charge in [-0.25, -0.2) is 4.98 Å². The smallest absolute Gasteiger partial charge is 0.123 e. The van der Waals surface area contributed by atoms with Crippen molar-refractivity contribution in [2.75, 3.05) is 27.3 Å². The van der Waals surface area contributed by atoms with Gasteiger partial charge in [0.15, 0.2) is 0 Å². The molecule has 0 radical (unpaired) electrons. The lowest BCUT2D eigenvalue weighted by Gasteiger charge is -2.18. The molecule has 1 aromatic heterocycles. The number of ether oxygens (including phenoxy) is 1. The van der Waals surface area contributed by atoms with E-state index in [-0.39, 0.29) is 0 Å². The predicted molar refractivity (Wildman–Crippen MR) is 81.8 cm³/mol. The molecule has 0 bridgehead atoms. The fourth-order valence-corrected chi connectivity index (χ4v) is 2.86. The minimum absolute atomic E-state index is 0.358. The second kappa shape index (κ2) is 7.50. The van der Waals surface area contributed by atoms with Gasteiger partial charge >= 0.3 is 0 Å². The third kappa shape index (κ3) is 4.38. The first-order valence-electron chi connectivity index (χ1n) is 6.54. The first-order chi connectivity index (χ1) is 9.69. The Kier molecular flexibility index (Phi) is 5.67. The van der Waals surface area contributed by atoms with E-state index >= 15 is 0 Å². The van der Waals surface area contributed by atoms with Gasteiger partial charge in [0.25, 0.3) is 0 Å². The van der Waals surface area contributed by atoms with Gasteiger partial charge in [-0.3, -0.25) is 4.90 Å². The number of aliphatic hydroxyl groups is 1. The molecule has 1 N–H and O–H groups in total.